The number of hydrogen-bond acceptors (Lipinski definition) is 3. The van der Waals surface area contributed by atoms with Gasteiger partial charge in [-0.15, -0.1) is 0 Å². The summed E-state index contributed by atoms with van der Waals surface area (Å²) >= 11 is 0. The van der Waals surface area contributed by atoms with Crippen molar-refractivity contribution in [3.05, 3.63) is 67.6 Å². The molecular formula is C18H19N5O2. The van der Waals surface area contributed by atoms with Crippen LogP contribution in [0.3, 0.4) is 0 Å². The van der Waals surface area contributed by atoms with E-state index in [-0.39, 0.29) is 0 Å². The van der Waals surface area contributed by atoms with Gasteiger partial charge in [-0.3, -0.25) is 18.7 Å². The van der Waals surface area contributed by atoms with Gasteiger partial charge in [-0.1, -0.05) is 29.8 Å². The van der Waals surface area contributed by atoms with E-state index in [0.29, 0.717) is 23.5 Å². The van der Waals surface area contributed by atoms with E-state index in [1.165, 1.54) is 10.1 Å². The number of aryl methyl sites for hydroxylation is 3. The number of nitrogens with one attached hydrogen (secondary N) is 1. The molecule has 25 heavy (non-hydrogen) atoms. The number of aromatic nitrogens is 5. The van der Waals surface area contributed by atoms with Crippen molar-refractivity contribution in [2.45, 2.75) is 27.3 Å². The van der Waals surface area contributed by atoms with Crippen molar-refractivity contribution in [3.8, 4) is 0 Å². The van der Waals surface area contributed by atoms with E-state index in [2.05, 4.69) is 45.7 Å². The minimum Gasteiger partial charge on any atom is -0.309 e. The van der Waals surface area contributed by atoms with E-state index in [0.717, 1.165) is 17.0 Å². The first-order chi connectivity index (χ1) is 11.9. The first-order valence-corrected chi connectivity index (χ1v) is 8.11. The van der Waals surface area contributed by atoms with Crippen LogP contribution in [-0.2, 0) is 13.6 Å². The molecule has 0 aliphatic carbocycles. The molecule has 3 aromatic heterocycles. The summed E-state index contributed by atoms with van der Waals surface area (Å²) in [4.78, 5) is 31.2. The molecule has 7 heteroatoms. The van der Waals surface area contributed by atoms with Crippen LogP contribution in [0.25, 0.3) is 16.9 Å². The van der Waals surface area contributed by atoms with E-state index in [9.17, 15) is 9.59 Å². The van der Waals surface area contributed by atoms with Gasteiger partial charge in [-0.2, -0.15) is 4.98 Å². The van der Waals surface area contributed by atoms with E-state index in [1.807, 2.05) is 18.2 Å². The van der Waals surface area contributed by atoms with Crippen LogP contribution in [0.2, 0.25) is 0 Å². The number of H-pyrrole nitrogens is 1. The van der Waals surface area contributed by atoms with Gasteiger partial charge < -0.3 is 4.57 Å². The predicted molar refractivity (Wildman–Crippen MR) is 96.3 cm³/mol. The molecule has 0 radical (unpaired) electrons. The molecule has 0 bridgehead atoms. The van der Waals surface area contributed by atoms with Crippen molar-refractivity contribution in [1.29, 1.82) is 0 Å². The molecule has 1 aromatic carbocycles. The molecule has 7 nitrogen and oxygen atoms in total. The Hall–Kier alpha value is -3.09. The molecule has 4 aromatic rings. The van der Waals surface area contributed by atoms with E-state index >= 15 is 0 Å². The Bertz CT molecular complexity index is 1240. The lowest BCUT2D eigenvalue weighted by Crippen LogP contribution is -2.28. The maximum absolute atomic E-state index is 12.4. The monoisotopic (exact) mass is 337 g/mol. The summed E-state index contributed by atoms with van der Waals surface area (Å²) in [7, 11) is 1.61. The fourth-order valence-electron chi connectivity index (χ4n) is 3.24. The van der Waals surface area contributed by atoms with Crippen molar-refractivity contribution in [2.24, 2.45) is 7.05 Å². The fraction of sp³-hybridized carbons (Fsp3) is 0.278. The normalized spacial score (nSPS) is 11.7. The maximum Gasteiger partial charge on any atom is 0.329 e. The minimum atomic E-state index is -0.460. The zero-order valence-corrected chi connectivity index (χ0v) is 14.6. The minimum absolute atomic E-state index is 0.393. The van der Waals surface area contributed by atoms with Crippen molar-refractivity contribution in [3.63, 3.8) is 0 Å². The number of nitrogens with zero attached hydrogens (tertiary/aromatic N) is 4. The summed E-state index contributed by atoms with van der Waals surface area (Å²) in [6.45, 7) is 6.68. The van der Waals surface area contributed by atoms with Crippen LogP contribution in [0.1, 0.15) is 22.5 Å². The summed E-state index contributed by atoms with van der Waals surface area (Å²) in [6.07, 6.45) is 0. The summed E-state index contributed by atoms with van der Waals surface area (Å²) in [6, 6.07) is 8.33. The van der Waals surface area contributed by atoms with Gasteiger partial charge in [0.05, 0.1) is 6.54 Å². The van der Waals surface area contributed by atoms with Gasteiger partial charge in [0.2, 0.25) is 5.78 Å². The lowest BCUT2D eigenvalue weighted by molar-refractivity contribution is 0.786. The highest BCUT2D eigenvalue weighted by Gasteiger charge is 2.20. The average Bonchev–Trinajstić information content (AvgIpc) is 3.07. The van der Waals surface area contributed by atoms with Crippen molar-refractivity contribution in [2.75, 3.05) is 0 Å². The second-order valence-corrected chi connectivity index (χ2v) is 6.48. The number of aromatic amines is 1. The molecule has 3 heterocycles. The quantitative estimate of drug-likeness (QED) is 0.604. The molecule has 0 saturated heterocycles. The third-order valence-corrected chi connectivity index (χ3v) is 4.87. The number of benzene rings is 1. The number of rotatable bonds is 2. The predicted octanol–water partition coefficient (Wildman–Crippen LogP) is 1.65. The molecule has 0 aliphatic rings. The van der Waals surface area contributed by atoms with Gasteiger partial charge in [0.25, 0.3) is 5.56 Å². The first-order valence-electron chi connectivity index (χ1n) is 8.11. The highest BCUT2D eigenvalue weighted by atomic mass is 16.2. The average molecular weight is 337 g/mol. The Kier molecular flexibility index (Phi) is 3.21. The second-order valence-electron chi connectivity index (χ2n) is 6.48. The molecule has 1 N–H and O–H groups in total. The van der Waals surface area contributed by atoms with Gasteiger partial charge in [0.1, 0.15) is 0 Å². The molecule has 0 amide bonds. The summed E-state index contributed by atoms with van der Waals surface area (Å²) in [5.74, 6) is 0.664. The Morgan fingerprint density at radius 1 is 1.04 bits per heavy atom. The van der Waals surface area contributed by atoms with Gasteiger partial charge in [-0.05, 0) is 26.3 Å². The highest BCUT2D eigenvalue weighted by molar-refractivity contribution is 5.76. The Morgan fingerprint density at radius 2 is 1.72 bits per heavy atom. The lowest BCUT2D eigenvalue weighted by atomic mass is 10.1. The van der Waals surface area contributed by atoms with Crippen LogP contribution in [0.5, 0.6) is 0 Å². The van der Waals surface area contributed by atoms with Gasteiger partial charge >= 0.3 is 5.69 Å². The lowest BCUT2D eigenvalue weighted by Gasteiger charge is -2.07. The second kappa shape index (κ2) is 5.20. The summed E-state index contributed by atoms with van der Waals surface area (Å²) in [5.41, 5.74) is 4.26. The highest BCUT2D eigenvalue weighted by Crippen LogP contribution is 2.21. The Labute approximate surface area is 143 Å². The van der Waals surface area contributed by atoms with Crippen LogP contribution >= 0.6 is 0 Å². The van der Waals surface area contributed by atoms with E-state index in [4.69, 9.17) is 0 Å². The molecule has 0 spiro atoms. The Balaban J connectivity index is 2.04. The Morgan fingerprint density at radius 3 is 2.40 bits per heavy atom. The number of imidazole rings is 2. The van der Waals surface area contributed by atoms with Crippen LogP contribution in [0.15, 0.2) is 33.9 Å². The molecule has 0 aliphatic heterocycles. The molecule has 0 atom stereocenters. The smallest absolute Gasteiger partial charge is 0.309 e. The van der Waals surface area contributed by atoms with E-state index < -0.39 is 11.2 Å². The van der Waals surface area contributed by atoms with Crippen molar-refractivity contribution >= 4 is 16.9 Å². The molecular weight excluding hydrogens is 318 g/mol. The fourth-order valence-corrected chi connectivity index (χ4v) is 3.24. The summed E-state index contributed by atoms with van der Waals surface area (Å²) in [5, 5.41) is 0. The topological polar surface area (TPSA) is 77.1 Å². The molecule has 4 rings (SSSR count). The zero-order valence-electron chi connectivity index (χ0n) is 14.6. The van der Waals surface area contributed by atoms with Crippen LogP contribution in [-0.4, -0.2) is 23.5 Å². The van der Waals surface area contributed by atoms with E-state index in [1.54, 1.807) is 7.05 Å². The maximum atomic E-state index is 12.4. The third kappa shape index (κ3) is 2.15. The molecule has 128 valence electrons. The zero-order chi connectivity index (χ0) is 17.9. The van der Waals surface area contributed by atoms with Crippen LogP contribution in [0, 0.1) is 20.8 Å². The molecule has 0 unspecified atom stereocenters. The van der Waals surface area contributed by atoms with Crippen LogP contribution < -0.4 is 11.2 Å². The first kappa shape index (κ1) is 15.4. The summed E-state index contributed by atoms with van der Waals surface area (Å²) < 4.78 is 5.27. The van der Waals surface area contributed by atoms with Crippen molar-refractivity contribution < 1.29 is 0 Å². The number of fused-ring (bicyclic) bond motifs is 3. The van der Waals surface area contributed by atoms with Gasteiger partial charge in [0.15, 0.2) is 11.2 Å². The van der Waals surface area contributed by atoms with Gasteiger partial charge in [0, 0.05) is 18.4 Å². The number of hydrogen-bond donors (Lipinski definition) is 1. The molecule has 0 saturated carbocycles. The third-order valence-electron chi connectivity index (χ3n) is 4.87. The van der Waals surface area contributed by atoms with Gasteiger partial charge in [-0.25, -0.2) is 4.79 Å². The van der Waals surface area contributed by atoms with Crippen molar-refractivity contribution in [1.82, 2.24) is 23.5 Å². The molecule has 0 fully saturated rings. The SMILES string of the molecule is Cc1ccc(Cn2c(C)c(C)n3c4c(=O)[nH]c(=O)n(C)c4nc23)cc1. The standard InChI is InChI=1S/C18H19N5O2/c1-10-5-7-13(8-6-10)9-22-11(2)12(3)23-14-15(19-17(22)23)21(4)18(25)20-16(14)24/h5-8H,9H2,1-4H3,(H,20,24,25). The largest absolute Gasteiger partial charge is 0.329 e. The van der Waals surface area contributed by atoms with Crippen LogP contribution in [0.4, 0.5) is 0 Å².